The molecule has 0 rings (SSSR count). The molecule has 0 aliphatic carbocycles. The van der Waals surface area contributed by atoms with Crippen molar-refractivity contribution >= 4 is 7.91 Å². The van der Waals surface area contributed by atoms with Crippen molar-refractivity contribution in [3.05, 3.63) is 0 Å². The van der Waals surface area contributed by atoms with Crippen molar-refractivity contribution in [2.24, 2.45) is 5.73 Å². The third-order valence-electron chi connectivity index (χ3n) is 2.56. The third-order valence-corrected chi connectivity index (χ3v) is 2.56. The summed E-state index contributed by atoms with van der Waals surface area (Å²) in [6.45, 7) is 3.14. The molecule has 0 heterocycles. The van der Waals surface area contributed by atoms with Crippen LogP contribution in [-0.2, 0) is 4.57 Å². The summed E-state index contributed by atoms with van der Waals surface area (Å²) < 4.78 is 19.0. The van der Waals surface area contributed by atoms with E-state index >= 15 is 0 Å². The lowest BCUT2D eigenvalue weighted by Gasteiger charge is -2.00. The Kier molecular flexibility index (Phi) is 17.1. The highest BCUT2D eigenvalue weighted by atomic mass is 31.2. The molecule has 0 atom stereocenters. The number of halogens is 1. The van der Waals surface area contributed by atoms with E-state index in [9.17, 15) is 4.20 Å². The largest absolute Gasteiger partial charge is 0.507 e. The maximum Gasteiger partial charge on any atom is 0.507 e. The molecule has 6 heteroatoms. The molecule has 4 nitrogen and oxygen atoms in total. The van der Waals surface area contributed by atoms with E-state index in [0.29, 0.717) is 0 Å². The second-order valence-corrected chi connectivity index (χ2v) is 5.39. The van der Waals surface area contributed by atoms with Gasteiger partial charge in [-0.05, 0) is 13.0 Å². The maximum absolute atomic E-state index is 10.4. The maximum atomic E-state index is 10.4. The second kappa shape index (κ2) is 15.1. The predicted octanol–water partition coefficient (Wildman–Crippen LogP) is 3.91. The molecular formula is C12H29FNO3P. The van der Waals surface area contributed by atoms with Crippen LogP contribution in [0.15, 0.2) is 0 Å². The topological polar surface area (TPSA) is 83.6 Å². The van der Waals surface area contributed by atoms with Crippen LogP contribution in [0.25, 0.3) is 0 Å². The molecule has 0 spiro atoms. The minimum Gasteiger partial charge on any atom is -0.330 e. The van der Waals surface area contributed by atoms with Crippen LogP contribution in [0.3, 0.4) is 0 Å². The Labute approximate surface area is 110 Å². The highest BCUT2D eigenvalue weighted by Gasteiger charge is 2.04. The lowest BCUT2D eigenvalue weighted by atomic mass is 10.1. The van der Waals surface area contributed by atoms with Gasteiger partial charge in [-0.15, -0.1) is 4.20 Å². The number of unbranched alkanes of at least 4 members (excludes halogenated alkanes) is 9. The Balaban J connectivity index is 0. The van der Waals surface area contributed by atoms with Crippen molar-refractivity contribution in [2.75, 3.05) is 6.54 Å². The molecule has 112 valence electrons. The van der Waals surface area contributed by atoms with E-state index in [1.165, 1.54) is 64.2 Å². The molecule has 0 unspecified atom stereocenters. The molecule has 0 aliphatic rings. The zero-order valence-electron chi connectivity index (χ0n) is 11.5. The molecule has 18 heavy (non-hydrogen) atoms. The highest BCUT2D eigenvalue weighted by Crippen LogP contribution is 2.34. The Morgan fingerprint density at radius 3 is 1.44 bits per heavy atom. The minimum absolute atomic E-state index is 0.872. The summed E-state index contributed by atoms with van der Waals surface area (Å²) in [6, 6.07) is 0. The van der Waals surface area contributed by atoms with Crippen molar-refractivity contribution in [3.63, 3.8) is 0 Å². The monoisotopic (exact) mass is 285 g/mol. The smallest absolute Gasteiger partial charge is 0.330 e. The third kappa shape index (κ3) is 36.0. The molecule has 0 saturated carbocycles. The van der Waals surface area contributed by atoms with Crippen LogP contribution in [0, 0.1) is 0 Å². The normalized spacial score (nSPS) is 10.9. The van der Waals surface area contributed by atoms with E-state index in [1.54, 1.807) is 0 Å². The highest BCUT2D eigenvalue weighted by molar-refractivity contribution is 7.45. The van der Waals surface area contributed by atoms with E-state index in [4.69, 9.17) is 20.1 Å². The summed E-state index contributed by atoms with van der Waals surface area (Å²) in [5, 5.41) is 0. The van der Waals surface area contributed by atoms with Crippen molar-refractivity contribution in [2.45, 2.75) is 71.1 Å². The van der Waals surface area contributed by atoms with Gasteiger partial charge in [0.05, 0.1) is 0 Å². The van der Waals surface area contributed by atoms with Gasteiger partial charge < -0.3 is 5.73 Å². The molecule has 0 bridgehead atoms. The molecule has 4 N–H and O–H groups in total. The fourth-order valence-electron chi connectivity index (χ4n) is 1.63. The summed E-state index contributed by atoms with van der Waals surface area (Å²) in [5.74, 6) is 0. The summed E-state index contributed by atoms with van der Waals surface area (Å²) in [5.41, 5.74) is 5.42. The van der Waals surface area contributed by atoms with E-state index in [1.807, 2.05) is 0 Å². The van der Waals surface area contributed by atoms with Gasteiger partial charge in [0.15, 0.2) is 0 Å². The fourth-order valence-corrected chi connectivity index (χ4v) is 1.63. The van der Waals surface area contributed by atoms with Crippen LogP contribution in [0.1, 0.15) is 71.1 Å². The molecule has 0 aliphatic heterocycles. The van der Waals surface area contributed by atoms with E-state index in [-0.39, 0.29) is 0 Å². The Bertz CT molecular complexity index is 181. The summed E-state index contributed by atoms with van der Waals surface area (Å²) >= 11 is 0. The minimum atomic E-state index is -5.14. The van der Waals surface area contributed by atoms with E-state index in [0.717, 1.165) is 6.54 Å². The van der Waals surface area contributed by atoms with Gasteiger partial charge in [-0.3, -0.25) is 9.79 Å². The lowest BCUT2D eigenvalue weighted by Crippen LogP contribution is -1.97. The van der Waals surface area contributed by atoms with Crippen molar-refractivity contribution in [3.8, 4) is 0 Å². The lowest BCUT2D eigenvalue weighted by molar-refractivity contribution is 0.322. The summed E-state index contributed by atoms with van der Waals surface area (Å²) in [7, 11) is -5.14. The zero-order valence-corrected chi connectivity index (χ0v) is 12.4. The molecule has 0 aromatic rings. The van der Waals surface area contributed by atoms with Crippen molar-refractivity contribution in [1.29, 1.82) is 0 Å². The van der Waals surface area contributed by atoms with Gasteiger partial charge in [-0.25, -0.2) is 4.57 Å². The number of hydrogen-bond acceptors (Lipinski definition) is 2. The van der Waals surface area contributed by atoms with Crippen LogP contribution < -0.4 is 5.73 Å². The first-order valence-corrected chi connectivity index (χ1v) is 8.37. The average molecular weight is 285 g/mol. The van der Waals surface area contributed by atoms with E-state index < -0.39 is 7.91 Å². The first kappa shape index (κ1) is 20.4. The van der Waals surface area contributed by atoms with Crippen molar-refractivity contribution < 1.29 is 18.5 Å². The SMILES string of the molecule is CCCCCCCCCCCCN.O=P(O)(O)F. The fraction of sp³-hybridized carbons (Fsp3) is 1.00. The number of nitrogens with two attached hydrogens (primary N) is 1. The molecule has 0 saturated heterocycles. The standard InChI is InChI=1S/C12H27N.FH2O3P/c1-2-3-4-5-6-7-8-9-10-11-12-13;1-5(2,3)4/h2-13H2,1H3;(H2,2,3,4). The average Bonchev–Trinajstić information content (AvgIpc) is 2.25. The summed E-state index contributed by atoms with van der Waals surface area (Å²) in [6.07, 6.45) is 13.9. The Morgan fingerprint density at radius 1 is 0.889 bits per heavy atom. The van der Waals surface area contributed by atoms with Gasteiger partial charge in [0, 0.05) is 0 Å². The van der Waals surface area contributed by atoms with Crippen LogP contribution in [0.2, 0.25) is 0 Å². The first-order chi connectivity index (χ1) is 8.41. The predicted molar refractivity (Wildman–Crippen MR) is 74.1 cm³/mol. The van der Waals surface area contributed by atoms with Gasteiger partial charge in [0.2, 0.25) is 0 Å². The van der Waals surface area contributed by atoms with Gasteiger partial charge in [0.25, 0.3) is 0 Å². The molecule has 0 amide bonds. The van der Waals surface area contributed by atoms with Crippen LogP contribution in [0.4, 0.5) is 4.20 Å². The summed E-state index contributed by atoms with van der Waals surface area (Å²) in [4.78, 5) is 13.9. The van der Waals surface area contributed by atoms with Gasteiger partial charge in [-0.1, -0.05) is 64.7 Å². The number of hydrogen-bond donors (Lipinski definition) is 3. The van der Waals surface area contributed by atoms with Crippen LogP contribution >= 0.6 is 7.91 Å². The quantitative estimate of drug-likeness (QED) is 0.419. The van der Waals surface area contributed by atoms with E-state index in [2.05, 4.69) is 6.92 Å². The first-order valence-electron chi connectivity index (χ1n) is 6.87. The molecule has 0 aromatic heterocycles. The van der Waals surface area contributed by atoms with Crippen LogP contribution in [-0.4, -0.2) is 16.3 Å². The molecular weight excluding hydrogens is 256 g/mol. The van der Waals surface area contributed by atoms with Gasteiger partial charge in [-0.2, -0.15) is 0 Å². The van der Waals surface area contributed by atoms with Gasteiger partial charge >= 0.3 is 7.91 Å². The van der Waals surface area contributed by atoms with Crippen LogP contribution in [0.5, 0.6) is 0 Å². The zero-order chi connectivity index (χ0) is 14.3. The molecule has 0 aromatic carbocycles. The number of rotatable bonds is 10. The Hall–Kier alpha value is 0.0400. The second-order valence-electron chi connectivity index (χ2n) is 4.44. The van der Waals surface area contributed by atoms with Gasteiger partial charge in [0.1, 0.15) is 0 Å². The Morgan fingerprint density at radius 2 is 1.17 bits per heavy atom. The molecule has 0 radical (unpaired) electrons. The molecule has 0 fully saturated rings. The van der Waals surface area contributed by atoms with Crippen molar-refractivity contribution in [1.82, 2.24) is 0 Å².